The van der Waals surface area contributed by atoms with E-state index in [0.29, 0.717) is 0 Å². The molecule has 1 aromatic rings. The summed E-state index contributed by atoms with van der Waals surface area (Å²) < 4.78 is 28.7. The maximum Gasteiger partial charge on any atom is 0.261 e. The van der Waals surface area contributed by atoms with Crippen molar-refractivity contribution in [2.75, 3.05) is 0 Å². The van der Waals surface area contributed by atoms with Crippen molar-refractivity contribution in [1.82, 2.24) is 14.3 Å². The highest BCUT2D eigenvalue weighted by atomic mass is 35.5. The molecule has 0 saturated heterocycles. The largest absolute Gasteiger partial charge is 0.324 e. The van der Waals surface area contributed by atoms with E-state index in [-0.39, 0.29) is 21.6 Å². The van der Waals surface area contributed by atoms with Crippen molar-refractivity contribution in [1.29, 1.82) is 0 Å². The zero-order valence-electron chi connectivity index (χ0n) is 10.8. The Morgan fingerprint density at radius 2 is 2.22 bits per heavy atom. The highest BCUT2D eigenvalue weighted by Gasteiger charge is 2.38. The molecule has 102 valence electrons. The van der Waals surface area contributed by atoms with E-state index in [1.54, 1.807) is 7.05 Å². The minimum atomic E-state index is -3.64. The molecule has 1 unspecified atom stereocenters. The van der Waals surface area contributed by atoms with E-state index in [0.717, 1.165) is 19.3 Å². The van der Waals surface area contributed by atoms with Gasteiger partial charge in [-0.1, -0.05) is 31.9 Å². The lowest BCUT2D eigenvalue weighted by Crippen LogP contribution is -2.41. The molecule has 1 fully saturated rings. The molecular formula is C11H18ClN3O2S. The molecule has 0 spiro atoms. The molecule has 0 bridgehead atoms. The summed E-state index contributed by atoms with van der Waals surface area (Å²) in [4.78, 5) is 3.86. The molecule has 0 aliphatic heterocycles. The summed E-state index contributed by atoms with van der Waals surface area (Å²) in [5, 5.41) is 0.0488. The normalized spacial score (nSPS) is 23.4. The highest BCUT2D eigenvalue weighted by molar-refractivity contribution is 7.89. The van der Waals surface area contributed by atoms with Gasteiger partial charge in [-0.05, 0) is 18.3 Å². The molecule has 18 heavy (non-hydrogen) atoms. The Morgan fingerprint density at radius 1 is 1.56 bits per heavy atom. The van der Waals surface area contributed by atoms with Crippen molar-refractivity contribution >= 4 is 21.6 Å². The van der Waals surface area contributed by atoms with Crippen molar-refractivity contribution < 1.29 is 8.42 Å². The molecule has 7 heteroatoms. The van der Waals surface area contributed by atoms with Gasteiger partial charge in [-0.2, -0.15) is 0 Å². The van der Waals surface area contributed by atoms with Crippen LogP contribution in [0.15, 0.2) is 11.4 Å². The summed E-state index contributed by atoms with van der Waals surface area (Å²) >= 11 is 5.93. The average Bonchev–Trinajstić information content (AvgIpc) is 2.73. The van der Waals surface area contributed by atoms with Crippen molar-refractivity contribution in [3.8, 4) is 0 Å². The van der Waals surface area contributed by atoms with E-state index in [1.165, 1.54) is 10.9 Å². The first kappa shape index (κ1) is 13.8. The van der Waals surface area contributed by atoms with Crippen LogP contribution in [0.5, 0.6) is 0 Å². The molecule has 5 nitrogen and oxygen atoms in total. The highest BCUT2D eigenvalue weighted by Crippen LogP contribution is 2.38. The molecule has 0 radical (unpaired) electrons. The Labute approximate surface area is 113 Å². The Balaban J connectivity index is 2.26. The van der Waals surface area contributed by atoms with Gasteiger partial charge in [-0.25, -0.2) is 18.1 Å². The van der Waals surface area contributed by atoms with Gasteiger partial charge in [0.2, 0.25) is 5.03 Å². The van der Waals surface area contributed by atoms with Crippen molar-refractivity contribution in [2.24, 2.45) is 12.5 Å². The summed E-state index contributed by atoms with van der Waals surface area (Å²) in [6.07, 6.45) is 4.32. The number of halogens is 1. The molecule has 1 N–H and O–H groups in total. The average molecular weight is 292 g/mol. The van der Waals surface area contributed by atoms with Crippen LogP contribution in [0.3, 0.4) is 0 Å². The quantitative estimate of drug-likeness (QED) is 0.925. The van der Waals surface area contributed by atoms with Gasteiger partial charge in [0.15, 0.2) is 0 Å². The number of aryl methyl sites for hydroxylation is 1. The monoisotopic (exact) mass is 291 g/mol. The van der Waals surface area contributed by atoms with Crippen molar-refractivity contribution in [3.05, 3.63) is 11.5 Å². The zero-order valence-corrected chi connectivity index (χ0v) is 12.3. The predicted octanol–water partition coefficient (Wildman–Crippen LogP) is 1.93. The fourth-order valence-electron chi connectivity index (χ4n) is 2.36. The number of nitrogens with one attached hydrogen (secondary N) is 1. The number of hydrogen-bond donors (Lipinski definition) is 1. The Bertz CT molecular complexity index is 551. The first-order chi connectivity index (χ1) is 8.24. The maximum absolute atomic E-state index is 12.2. The summed E-state index contributed by atoms with van der Waals surface area (Å²) in [6, 6.07) is -0.0550. The summed E-state index contributed by atoms with van der Waals surface area (Å²) in [5.74, 6) is 0. The van der Waals surface area contributed by atoms with Gasteiger partial charge in [0.1, 0.15) is 5.15 Å². The van der Waals surface area contributed by atoms with Gasteiger partial charge in [0, 0.05) is 13.1 Å². The number of rotatable bonds is 3. The molecule has 1 saturated carbocycles. The fraction of sp³-hybridized carbons (Fsp3) is 0.727. The van der Waals surface area contributed by atoms with Gasteiger partial charge in [0.05, 0.1) is 6.33 Å². The minimum Gasteiger partial charge on any atom is -0.324 e. The summed E-state index contributed by atoms with van der Waals surface area (Å²) in [5.41, 5.74) is -0.0195. The van der Waals surface area contributed by atoms with Gasteiger partial charge in [-0.3, -0.25) is 0 Å². The fourth-order valence-corrected chi connectivity index (χ4v) is 4.23. The SMILES string of the molecule is Cn1cnc(S(=O)(=O)NC2CCCC2(C)C)c1Cl. The van der Waals surface area contributed by atoms with E-state index in [9.17, 15) is 8.42 Å². The van der Waals surface area contributed by atoms with Crippen LogP contribution in [0.2, 0.25) is 5.15 Å². The predicted molar refractivity (Wildman–Crippen MR) is 70.0 cm³/mol. The molecule has 1 aromatic heterocycles. The number of aromatic nitrogens is 2. The third-order valence-corrected chi connectivity index (χ3v) is 5.60. The maximum atomic E-state index is 12.2. The van der Waals surface area contributed by atoms with Gasteiger partial charge >= 0.3 is 0 Å². The second kappa shape index (κ2) is 4.51. The van der Waals surface area contributed by atoms with Gasteiger partial charge in [-0.15, -0.1) is 0 Å². The van der Waals surface area contributed by atoms with Crippen LogP contribution >= 0.6 is 11.6 Å². The number of sulfonamides is 1. The molecule has 0 amide bonds. The van der Waals surface area contributed by atoms with Crippen LogP contribution < -0.4 is 4.72 Å². The van der Waals surface area contributed by atoms with Crippen LogP contribution in [0.25, 0.3) is 0 Å². The third-order valence-electron chi connectivity index (χ3n) is 3.64. The molecule has 2 rings (SSSR count). The number of nitrogens with zero attached hydrogens (tertiary/aromatic N) is 2. The van der Waals surface area contributed by atoms with Gasteiger partial charge < -0.3 is 4.57 Å². The van der Waals surface area contributed by atoms with Crippen LogP contribution in [-0.2, 0) is 17.1 Å². The van der Waals surface area contributed by atoms with Crippen LogP contribution in [0, 0.1) is 5.41 Å². The van der Waals surface area contributed by atoms with Crippen LogP contribution in [0.4, 0.5) is 0 Å². The Hall–Kier alpha value is -0.590. The molecule has 1 atom stereocenters. The molecule has 1 heterocycles. The lowest BCUT2D eigenvalue weighted by molar-refractivity contribution is 0.312. The van der Waals surface area contributed by atoms with Crippen molar-refractivity contribution in [3.63, 3.8) is 0 Å². The van der Waals surface area contributed by atoms with Crippen LogP contribution in [0.1, 0.15) is 33.1 Å². The summed E-state index contributed by atoms with van der Waals surface area (Å²) in [6.45, 7) is 4.15. The topological polar surface area (TPSA) is 64.0 Å². The van der Waals surface area contributed by atoms with E-state index in [2.05, 4.69) is 23.6 Å². The van der Waals surface area contributed by atoms with E-state index in [4.69, 9.17) is 11.6 Å². The number of hydrogen-bond acceptors (Lipinski definition) is 3. The van der Waals surface area contributed by atoms with Crippen LogP contribution in [-0.4, -0.2) is 24.0 Å². The van der Waals surface area contributed by atoms with E-state index in [1.807, 2.05) is 0 Å². The Kier molecular flexibility index (Phi) is 3.46. The molecular weight excluding hydrogens is 274 g/mol. The first-order valence-electron chi connectivity index (χ1n) is 5.93. The molecule has 1 aliphatic carbocycles. The molecule has 0 aromatic carbocycles. The second-order valence-corrected chi connectivity index (χ2v) is 7.49. The lowest BCUT2D eigenvalue weighted by atomic mass is 9.88. The summed E-state index contributed by atoms with van der Waals surface area (Å²) in [7, 11) is -1.98. The zero-order chi connectivity index (χ0) is 13.6. The standard InChI is InChI=1S/C11H18ClN3O2S/c1-11(2)6-4-5-8(11)14-18(16,17)10-9(12)15(3)7-13-10/h7-8,14H,4-6H2,1-3H3. The Morgan fingerprint density at radius 3 is 2.67 bits per heavy atom. The van der Waals surface area contributed by atoms with Crippen molar-refractivity contribution in [2.45, 2.75) is 44.2 Å². The second-order valence-electron chi connectivity index (χ2n) is 5.51. The van der Waals surface area contributed by atoms with E-state index < -0.39 is 10.0 Å². The first-order valence-corrected chi connectivity index (χ1v) is 7.79. The van der Waals surface area contributed by atoms with Gasteiger partial charge in [0.25, 0.3) is 10.0 Å². The minimum absolute atomic E-state index is 0.0195. The van der Waals surface area contributed by atoms with E-state index >= 15 is 0 Å². The number of imidazole rings is 1. The molecule has 1 aliphatic rings. The smallest absolute Gasteiger partial charge is 0.261 e. The third kappa shape index (κ3) is 2.41. The lowest BCUT2D eigenvalue weighted by Gasteiger charge is -2.27.